The average Bonchev–Trinajstić information content (AvgIpc) is 3.18. The molecule has 1 amide bonds. The van der Waals surface area contributed by atoms with Gasteiger partial charge in [0.25, 0.3) is 5.91 Å². The van der Waals surface area contributed by atoms with Crippen molar-refractivity contribution in [1.29, 1.82) is 0 Å². The van der Waals surface area contributed by atoms with Crippen LogP contribution in [0.2, 0.25) is 0 Å². The Hall–Kier alpha value is -2.08. The molecule has 2 heterocycles. The van der Waals surface area contributed by atoms with Crippen LogP contribution in [0.1, 0.15) is 16.8 Å². The molecule has 2 aromatic rings. The molecule has 0 spiro atoms. The number of amides is 1. The van der Waals surface area contributed by atoms with Crippen molar-refractivity contribution >= 4 is 22.4 Å². The van der Waals surface area contributed by atoms with Crippen LogP contribution >= 0.6 is 11.3 Å². The number of carbonyl (C=O) groups excluding carboxylic acids is 1. The monoisotopic (exact) mass is 303 g/mol. The number of thiazole rings is 1. The maximum atomic E-state index is 12.3. The van der Waals surface area contributed by atoms with Crippen molar-refractivity contribution in [2.24, 2.45) is 0 Å². The van der Waals surface area contributed by atoms with Crippen LogP contribution in [0.15, 0.2) is 35.8 Å². The molecule has 0 bridgehead atoms. The summed E-state index contributed by atoms with van der Waals surface area (Å²) in [6.07, 6.45) is 2.75. The van der Waals surface area contributed by atoms with Gasteiger partial charge in [-0.25, -0.2) is 4.98 Å². The van der Waals surface area contributed by atoms with E-state index in [1.807, 2.05) is 23.7 Å². The summed E-state index contributed by atoms with van der Waals surface area (Å²) < 4.78 is 5.15. The van der Waals surface area contributed by atoms with E-state index in [9.17, 15) is 4.79 Å². The minimum Gasteiger partial charge on any atom is -0.497 e. The normalized spacial score (nSPS) is 17.8. The second kappa shape index (κ2) is 6.13. The van der Waals surface area contributed by atoms with Crippen molar-refractivity contribution < 1.29 is 9.53 Å². The number of methoxy groups -OCH3 is 1. The fourth-order valence-corrected chi connectivity index (χ4v) is 3.14. The fraction of sp³-hybridized carbons (Fsp3) is 0.333. The zero-order valence-electron chi connectivity index (χ0n) is 11.8. The summed E-state index contributed by atoms with van der Waals surface area (Å²) in [5, 5.41) is 6.07. The molecule has 0 radical (unpaired) electrons. The third-order valence-corrected chi connectivity index (χ3v) is 4.38. The highest BCUT2D eigenvalue weighted by molar-refractivity contribution is 7.13. The summed E-state index contributed by atoms with van der Waals surface area (Å²) >= 11 is 1.63. The molecule has 1 aromatic heterocycles. The van der Waals surface area contributed by atoms with Crippen molar-refractivity contribution in [1.82, 2.24) is 10.3 Å². The number of hydrogen-bond acceptors (Lipinski definition) is 5. The summed E-state index contributed by atoms with van der Waals surface area (Å²) in [5.41, 5.74) is 0.627. The van der Waals surface area contributed by atoms with Crippen molar-refractivity contribution in [2.75, 3.05) is 25.1 Å². The van der Waals surface area contributed by atoms with Crippen molar-refractivity contribution in [3.05, 3.63) is 41.4 Å². The molecule has 6 heteroatoms. The molecule has 1 aromatic carbocycles. The van der Waals surface area contributed by atoms with Gasteiger partial charge in [0.05, 0.1) is 7.11 Å². The number of benzene rings is 1. The molecule has 21 heavy (non-hydrogen) atoms. The molecule has 1 fully saturated rings. The van der Waals surface area contributed by atoms with Gasteiger partial charge in [0.1, 0.15) is 5.75 Å². The lowest BCUT2D eigenvalue weighted by atomic mass is 10.2. The molecule has 3 rings (SSSR count). The molecule has 1 N–H and O–H groups in total. The zero-order chi connectivity index (χ0) is 14.7. The minimum absolute atomic E-state index is 0.0557. The van der Waals surface area contributed by atoms with Crippen LogP contribution in [0.4, 0.5) is 5.13 Å². The van der Waals surface area contributed by atoms with Crippen LogP contribution in [0.25, 0.3) is 0 Å². The molecule has 1 aliphatic heterocycles. The highest BCUT2D eigenvalue weighted by Crippen LogP contribution is 2.22. The zero-order valence-corrected chi connectivity index (χ0v) is 12.6. The second-order valence-electron chi connectivity index (χ2n) is 4.95. The van der Waals surface area contributed by atoms with Crippen molar-refractivity contribution in [3.63, 3.8) is 0 Å². The number of carbonyl (C=O) groups is 1. The number of aromatic nitrogens is 1. The van der Waals surface area contributed by atoms with Gasteiger partial charge in [-0.3, -0.25) is 4.79 Å². The molecule has 110 valence electrons. The number of anilines is 1. The Morgan fingerprint density at radius 3 is 3.19 bits per heavy atom. The van der Waals surface area contributed by atoms with Gasteiger partial charge in [0.15, 0.2) is 5.13 Å². The van der Waals surface area contributed by atoms with Gasteiger partial charge in [0, 0.05) is 36.3 Å². The van der Waals surface area contributed by atoms with Crippen LogP contribution in [0.5, 0.6) is 5.75 Å². The van der Waals surface area contributed by atoms with E-state index in [1.165, 1.54) is 0 Å². The van der Waals surface area contributed by atoms with Gasteiger partial charge >= 0.3 is 0 Å². The quantitative estimate of drug-likeness (QED) is 0.940. The van der Waals surface area contributed by atoms with E-state index < -0.39 is 0 Å². The molecule has 5 nitrogen and oxygen atoms in total. The smallest absolute Gasteiger partial charge is 0.251 e. The molecule has 1 atom stereocenters. The van der Waals surface area contributed by atoms with E-state index in [0.717, 1.165) is 24.6 Å². The van der Waals surface area contributed by atoms with Gasteiger partial charge in [-0.1, -0.05) is 6.07 Å². The number of nitrogens with zero attached hydrogens (tertiary/aromatic N) is 2. The SMILES string of the molecule is COc1cccc(C(=O)NC2CCN(c3nccs3)C2)c1. The summed E-state index contributed by atoms with van der Waals surface area (Å²) in [4.78, 5) is 18.8. The highest BCUT2D eigenvalue weighted by Gasteiger charge is 2.25. The molecule has 1 saturated heterocycles. The largest absolute Gasteiger partial charge is 0.497 e. The summed E-state index contributed by atoms with van der Waals surface area (Å²) in [6.45, 7) is 1.74. The minimum atomic E-state index is -0.0557. The average molecular weight is 303 g/mol. The first kappa shape index (κ1) is 13.9. The molecule has 0 aliphatic carbocycles. The van der Waals surface area contributed by atoms with Gasteiger partial charge in [-0.2, -0.15) is 0 Å². The predicted octanol–water partition coefficient (Wildman–Crippen LogP) is 2.16. The van der Waals surface area contributed by atoms with Gasteiger partial charge in [0.2, 0.25) is 0 Å². The molecular weight excluding hydrogens is 286 g/mol. The van der Waals surface area contributed by atoms with Gasteiger partial charge < -0.3 is 15.0 Å². The van der Waals surface area contributed by atoms with Crippen LogP contribution in [0.3, 0.4) is 0 Å². The van der Waals surface area contributed by atoms with E-state index in [2.05, 4.69) is 15.2 Å². The maximum Gasteiger partial charge on any atom is 0.251 e. The van der Waals surface area contributed by atoms with Crippen molar-refractivity contribution in [3.8, 4) is 5.75 Å². The first-order valence-electron chi connectivity index (χ1n) is 6.85. The number of nitrogens with one attached hydrogen (secondary N) is 1. The Morgan fingerprint density at radius 1 is 1.52 bits per heavy atom. The first-order chi connectivity index (χ1) is 10.3. The lowest BCUT2D eigenvalue weighted by Crippen LogP contribution is -2.37. The number of ether oxygens (including phenoxy) is 1. The molecule has 0 saturated carbocycles. The molecular formula is C15H17N3O2S. The van der Waals surface area contributed by atoms with Crippen LogP contribution in [-0.2, 0) is 0 Å². The Balaban J connectivity index is 1.60. The van der Waals surface area contributed by atoms with E-state index in [1.54, 1.807) is 30.6 Å². The Kier molecular flexibility index (Phi) is 4.06. The van der Waals surface area contributed by atoms with Crippen LogP contribution < -0.4 is 15.0 Å². The fourth-order valence-electron chi connectivity index (χ4n) is 2.46. The highest BCUT2D eigenvalue weighted by atomic mass is 32.1. The van der Waals surface area contributed by atoms with Gasteiger partial charge in [-0.15, -0.1) is 11.3 Å². The summed E-state index contributed by atoms with van der Waals surface area (Å²) in [5.74, 6) is 0.637. The number of hydrogen-bond donors (Lipinski definition) is 1. The van der Waals surface area contributed by atoms with Crippen LogP contribution in [0, 0.1) is 0 Å². The third kappa shape index (κ3) is 3.16. The number of rotatable bonds is 4. The van der Waals surface area contributed by atoms with Crippen molar-refractivity contribution in [2.45, 2.75) is 12.5 Å². The first-order valence-corrected chi connectivity index (χ1v) is 7.73. The third-order valence-electron chi connectivity index (χ3n) is 3.55. The summed E-state index contributed by atoms with van der Waals surface area (Å²) in [6, 6.07) is 7.36. The maximum absolute atomic E-state index is 12.3. The van der Waals surface area contributed by atoms with E-state index in [-0.39, 0.29) is 11.9 Å². The lowest BCUT2D eigenvalue weighted by Gasteiger charge is -2.16. The van der Waals surface area contributed by atoms with Crippen LogP contribution in [-0.4, -0.2) is 37.1 Å². The topological polar surface area (TPSA) is 54.5 Å². The standard InChI is InChI=1S/C15H17N3O2S/c1-20-13-4-2-3-11(9-13)14(19)17-12-5-7-18(10-12)15-16-6-8-21-15/h2-4,6,8-9,12H,5,7,10H2,1H3,(H,17,19). The second-order valence-corrected chi connectivity index (χ2v) is 5.82. The Labute approximate surface area is 127 Å². The van der Waals surface area contributed by atoms with E-state index in [0.29, 0.717) is 11.3 Å². The van der Waals surface area contributed by atoms with E-state index >= 15 is 0 Å². The molecule has 1 aliphatic rings. The Bertz CT molecular complexity index is 615. The molecule has 1 unspecified atom stereocenters. The predicted molar refractivity (Wildman–Crippen MR) is 83.2 cm³/mol. The Morgan fingerprint density at radius 2 is 2.43 bits per heavy atom. The lowest BCUT2D eigenvalue weighted by molar-refractivity contribution is 0.0940. The van der Waals surface area contributed by atoms with Gasteiger partial charge in [-0.05, 0) is 24.6 Å². The summed E-state index contributed by atoms with van der Waals surface area (Å²) in [7, 11) is 1.60. The van der Waals surface area contributed by atoms with E-state index in [4.69, 9.17) is 4.74 Å².